The molecule has 0 radical (unpaired) electrons. The van der Waals surface area contributed by atoms with Crippen molar-refractivity contribution in [2.75, 3.05) is 5.75 Å². The molecule has 1 atom stereocenters. The van der Waals surface area contributed by atoms with Gasteiger partial charge >= 0.3 is 0 Å². The van der Waals surface area contributed by atoms with Crippen LogP contribution in [-0.2, 0) is 10.0 Å². The van der Waals surface area contributed by atoms with Gasteiger partial charge in [0, 0.05) is 0 Å². The van der Waals surface area contributed by atoms with Crippen molar-refractivity contribution in [3.8, 4) is 0 Å². The highest BCUT2D eigenvalue weighted by atomic mass is 32.2. The zero-order valence-electron chi connectivity index (χ0n) is 9.58. The van der Waals surface area contributed by atoms with Crippen molar-refractivity contribution in [2.24, 2.45) is 11.7 Å². The van der Waals surface area contributed by atoms with Crippen molar-refractivity contribution in [3.63, 3.8) is 0 Å². The van der Waals surface area contributed by atoms with Gasteiger partial charge in [-0.2, -0.15) is 0 Å². The van der Waals surface area contributed by atoms with Gasteiger partial charge in [0.1, 0.15) is 5.84 Å². The highest BCUT2D eigenvalue weighted by molar-refractivity contribution is 7.89. The Labute approximate surface area is 92.0 Å². The molecular weight excluding hydrogens is 214 g/mol. The van der Waals surface area contributed by atoms with E-state index in [2.05, 4.69) is 4.72 Å². The summed E-state index contributed by atoms with van der Waals surface area (Å²) in [6.45, 7) is 5.59. The van der Waals surface area contributed by atoms with E-state index in [9.17, 15) is 8.42 Å². The molecule has 0 aliphatic carbocycles. The Kier molecular flexibility index (Phi) is 5.82. The van der Waals surface area contributed by atoms with Gasteiger partial charge in [-0.25, -0.2) is 13.1 Å². The monoisotopic (exact) mass is 235 g/mol. The van der Waals surface area contributed by atoms with Crippen LogP contribution in [0.4, 0.5) is 0 Å². The summed E-state index contributed by atoms with van der Waals surface area (Å²) >= 11 is 0. The number of amidine groups is 1. The summed E-state index contributed by atoms with van der Waals surface area (Å²) in [6, 6.07) is -0.591. The van der Waals surface area contributed by atoms with Crippen LogP contribution in [0.15, 0.2) is 0 Å². The first kappa shape index (κ1) is 14.4. The Hall–Kier alpha value is -0.620. The molecule has 0 aromatic carbocycles. The molecule has 90 valence electrons. The van der Waals surface area contributed by atoms with E-state index in [0.717, 1.165) is 6.42 Å². The topological polar surface area (TPSA) is 96.0 Å². The third kappa shape index (κ3) is 5.74. The molecule has 0 amide bonds. The van der Waals surface area contributed by atoms with Crippen LogP contribution in [0.2, 0.25) is 0 Å². The minimum atomic E-state index is -3.30. The molecule has 0 aromatic heterocycles. The summed E-state index contributed by atoms with van der Waals surface area (Å²) < 4.78 is 25.5. The van der Waals surface area contributed by atoms with Crippen molar-refractivity contribution >= 4 is 15.9 Å². The van der Waals surface area contributed by atoms with Crippen LogP contribution in [0.3, 0.4) is 0 Å². The summed E-state index contributed by atoms with van der Waals surface area (Å²) in [7, 11) is -3.30. The van der Waals surface area contributed by atoms with Crippen molar-refractivity contribution < 1.29 is 8.42 Å². The summed E-state index contributed by atoms with van der Waals surface area (Å²) in [4.78, 5) is 0. The Morgan fingerprint density at radius 1 is 1.47 bits per heavy atom. The molecule has 0 aliphatic rings. The molecular formula is C9H21N3O2S. The van der Waals surface area contributed by atoms with Gasteiger partial charge in [0.15, 0.2) is 0 Å². The highest BCUT2D eigenvalue weighted by Crippen LogP contribution is 2.04. The van der Waals surface area contributed by atoms with Gasteiger partial charge in [-0.1, -0.05) is 27.2 Å². The van der Waals surface area contributed by atoms with Gasteiger partial charge < -0.3 is 5.73 Å². The largest absolute Gasteiger partial charge is 0.386 e. The Morgan fingerprint density at radius 3 is 2.33 bits per heavy atom. The second-order valence-electron chi connectivity index (χ2n) is 3.97. The van der Waals surface area contributed by atoms with Gasteiger partial charge in [0.05, 0.1) is 11.8 Å². The van der Waals surface area contributed by atoms with Gasteiger partial charge in [-0.05, 0) is 12.3 Å². The van der Waals surface area contributed by atoms with Crippen LogP contribution in [0.25, 0.3) is 0 Å². The fourth-order valence-corrected chi connectivity index (χ4v) is 2.72. The van der Waals surface area contributed by atoms with Crippen molar-refractivity contribution in [1.29, 1.82) is 5.41 Å². The van der Waals surface area contributed by atoms with Gasteiger partial charge in [0.2, 0.25) is 10.0 Å². The normalized spacial score (nSPS) is 14.1. The first-order valence-corrected chi connectivity index (χ1v) is 6.79. The molecule has 1 unspecified atom stereocenters. The average Bonchev–Trinajstić information content (AvgIpc) is 2.10. The van der Waals surface area contributed by atoms with Crippen LogP contribution in [0.5, 0.6) is 0 Å². The van der Waals surface area contributed by atoms with E-state index in [1.54, 1.807) is 0 Å². The Morgan fingerprint density at radius 2 is 2.00 bits per heavy atom. The minimum Gasteiger partial charge on any atom is -0.386 e. The van der Waals surface area contributed by atoms with Crippen LogP contribution in [0.1, 0.15) is 33.6 Å². The number of nitrogens with two attached hydrogens (primary N) is 1. The van der Waals surface area contributed by atoms with Crippen molar-refractivity contribution in [1.82, 2.24) is 4.72 Å². The maximum Gasteiger partial charge on any atom is 0.212 e. The van der Waals surface area contributed by atoms with Crippen LogP contribution >= 0.6 is 0 Å². The summed E-state index contributed by atoms with van der Waals surface area (Å²) in [5.74, 6) is -0.0519. The summed E-state index contributed by atoms with van der Waals surface area (Å²) in [6.07, 6.45) is 1.45. The van der Waals surface area contributed by atoms with Crippen LogP contribution < -0.4 is 10.5 Å². The average molecular weight is 235 g/mol. The molecule has 6 heteroatoms. The predicted molar refractivity (Wildman–Crippen MR) is 62.4 cm³/mol. The van der Waals surface area contributed by atoms with E-state index in [1.807, 2.05) is 20.8 Å². The number of hydrogen-bond acceptors (Lipinski definition) is 3. The molecule has 15 heavy (non-hydrogen) atoms. The number of sulfonamides is 1. The second-order valence-corrected chi connectivity index (χ2v) is 5.84. The van der Waals surface area contributed by atoms with E-state index >= 15 is 0 Å². The van der Waals surface area contributed by atoms with E-state index in [0.29, 0.717) is 6.42 Å². The highest BCUT2D eigenvalue weighted by Gasteiger charge is 2.22. The van der Waals surface area contributed by atoms with Crippen molar-refractivity contribution in [2.45, 2.75) is 39.7 Å². The Bertz CT molecular complexity index is 298. The molecule has 0 aromatic rings. The number of hydrogen-bond donors (Lipinski definition) is 3. The van der Waals surface area contributed by atoms with Gasteiger partial charge in [-0.15, -0.1) is 0 Å². The van der Waals surface area contributed by atoms with Crippen LogP contribution in [0, 0.1) is 11.3 Å². The molecule has 0 bridgehead atoms. The molecule has 0 saturated heterocycles. The fourth-order valence-electron chi connectivity index (χ4n) is 1.15. The maximum absolute atomic E-state index is 11.5. The SMILES string of the molecule is CCCCS(=O)(=O)NC(C(=N)N)C(C)C. The third-order valence-electron chi connectivity index (χ3n) is 2.07. The molecule has 0 aliphatic heterocycles. The smallest absolute Gasteiger partial charge is 0.212 e. The lowest BCUT2D eigenvalue weighted by atomic mass is 10.1. The molecule has 4 N–H and O–H groups in total. The predicted octanol–water partition coefficient (Wildman–Crippen LogP) is 0.666. The molecule has 0 saturated carbocycles. The van der Waals surface area contributed by atoms with Gasteiger partial charge in [-0.3, -0.25) is 5.41 Å². The van der Waals surface area contributed by atoms with E-state index < -0.39 is 16.1 Å². The molecule has 0 heterocycles. The quantitative estimate of drug-likeness (QED) is 0.447. The first-order chi connectivity index (χ1) is 6.80. The lowest BCUT2D eigenvalue weighted by Gasteiger charge is -2.20. The number of rotatable bonds is 7. The zero-order valence-corrected chi connectivity index (χ0v) is 10.4. The summed E-state index contributed by atoms with van der Waals surface area (Å²) in [5.41, 5.74) is 5.33. The standard InChI is InChI=1S/C9H21N3O2S/c1-4-5-6-15(13,14)12-8(7(2)3)9(10)11/h7-8,12H,4-6H2,1-3H3,(H3,10,11). The third-order valence-corrected chi connectivity index (χ3v) is 3.51. The lowest BCUT2D eigenvalue weighted by Crippen LogP contribution is -2.47. The number of nitrogens with one attached hydrogen (secondary N) is 2. The molecule has 5 nitrogen and oxygen atoms in total. The minimum absolute atomic E-state index is 0.0149. The zero-order chi connectivity index (χ0) is 12.1. The fraction of sp³-hybridized carbons (Fsp3) is 0.889. The molecule has 0 fully saturated rings. The lowest BCUT2D eigenvalue weighted by molar-refractivity contribution is 0.520. The first-order valence-electron chi connectivity index (χ1n) is 5.14. The molecule has 0 rings (SSSR count). The van der Waals surface area contributed by atoms with E-state index in [1.165, 1.54) is 0 Å². The van der Waals surface area contributed by atoms with Crippen molar-refractivity contribution in [3.05, 3.63) is 0 Å². The van der Waals surface area contributed by atoms with E-state index in [-0.39, 0.29) is 17.5 Å². The second kappa shape index (κ2) is 6.07. The maximum atomic E-state index is 11.5. The van der Waals surface area contributed by atoms with E-state index in [4.69, 9.17) is 11.1 Å². The van der Waals surface area contributed by atoms with Gasteiger partial charge in [0.25, 0.3) is 0 Å². The summed E-state index contributed by atoms with van der Waals surface area (Å²) in [5, 5.41) is 7.29. The number of unbranched alkanes of at least 4 members (excludes halogenated alkanes) is 1. The van der Waals surface area contributed by atoms with Crippen LogP contribution in [-0.4, -0.2) is 26.0 Å². The Balaban J connectivity index is 4.46. The molecule has 0 spiro atoms.